The van der Waals surface area contributed by atoms with Gasteiger partial charge in [-0.3, -0.25) is 0 Å². The fraction of sp³-hybridized carbons (Fsp3) is 1.00. The Hall–Kier alpha value is -0.0400. The van der Waals surface area contributed by atoms with E-state index in [1.807, 2.05) is 0 Å². The molecule has 0 bridgehead atoms. The summed E-state index contributed by atoms with van der Waals surface area (Å²) in [7, 11) is 0. The summed E-state index contributed by atoms with van der Waals surface area (Å²) in [6.45, 7) is 7.37. The van der Waals surface area contributed by atoms with Gasteiger partial charge in [0.25, 0.3) is 0 Å². The van der Waals surface area contributed by atoms with Crippen LogP contribution < -0.4 is 0 Å². The zero-order chi connectivity index (χ0) is 7.19. The predicted molar refractivity (Wildman–Crippen MR) is 43.0 cm³/mol. The van der Waals surface area contributed by atoms with Crippen molar-refractivity contribution in [3.05, 3.63) is 0 Å². The lowest BCUT2D eigenvalue weighted by Crippen LogP contribution is -2.28. The lowest BCUT2D eigenvalue weighted by atomic mass is 10.1. The summed E-state index contributed by atoms with van der Waals surface area (Å²) in [5, 5.41) is 0. The minimum Gasteiger partial charge on any atom is -0.300 e. The Morgan fingerprint density at radius 2 is 1.90 bits per heavy atom. The van der Waals surface area contributed by atoms with Crippen molar-refractivity contribution in [2.45, 2.75) is 39.2 Å². The Bertz CT molecular complexity index is 136. The summed E-state index contributed by atoms with van der Waals surface area (Å²) < 4.78 is 0. The Labute approximate surface area is 63.4 Å². The molecule has 0 amide bonds. The molecule has 1 aliphatic carbocycles. The van der Waals surface area contributed by atoms with Crippen molar-refractivity contribution in [1.29, 1.82) is 0 Å². The van der Waals surface area contributed by atoms with E-state index in [9.17, 15) is 0 Å². The van der Waals surface area contributed by atoms with Gasteiger partial charge in [0, 0.05) is 12.6 Å². The molecule has 0 atom stereocenters. The molecule has 0 aromatic heterocycles. The summed E-state index contributed by atoms with van der Waals surface area (Å²) in [5.41, 5.74) is 0.824. The van der Waals surface area contributed by atoms with Crippen molar-refractivity contribution >= 4 is 0 Å². The van der Waals surface area contributed by atoms with Crippen LogP contribution in [0.1, 0.15) is 33.1 Å². The molecular formula is C9H17N. The first kappa shape index (κ1) is 6.66. The van der Waals surface area contributed by atoms with Crippen LogP contribution in [0.2, 0.25) is 0 Å². The van der Waals surface area contributed by atoms with E-state index >= 15 is 0 Å². The van der Waals surface area contributed by atoms with Crippen LogP contribution in [0.5, 0.6) is 0 Å². The Kier molecular flexibility index (Phi) is 1.31. The highest BCUT2D eigenvalue weighted by Gasteiger charge is 2.47. The van der Waals surface area contributed by atoms with Gasteiger partial charge in [0.15, 0.2) is 0 Å². The molecule has 1 spiro atoms. The van der Waals surface area contributed by atoms with Crippen LogP contribution in [0, 0.1) is 5.41 Å². The summed E-state index contributed by atoms with van der Waals surface area (Å²) in [6, 6.07) is 0.778. The smallest absolute Gasteiger partial charge is 0.00412 e. The number of nitrogens with zero attached hydrogens (tertiary/aromatic N) is 1. The third kappa shape index (κ3) is 0.968. The molecule has 1 heterocycles. The van der Waals surface area contributed by atoms with Crippen LogP contribution in [0.25, 0.3) is 0 Å². The van der Waals surface area contributed by atoms with Crippen LogP contribution in [0.15, 0.2) is 0 Å². The van der Waals surface area contributed by atoms with E-state index in [1.165, 1.54) is 32.4 Å². The minimum absolute atomic E-state index is 0.778. The van der Waals surface area contributed by atoms with Crippen molar-refractivity contribution in [1.82, 2.24) is 4.90 Å². The van der Waals surface area contributed by atoms with Gasteiger partial charge in [0.2, 0.25) is 0 Å². The first-order valence-electron chi connectivity index (χ1n) is 4.46. The highest BCUT2D eigenvalue weighted by molar-refractivity contribution is 5.00. The molecule has 10 heavy (non-hydrogen) atoms. The van der Waals surface area contributed by atoms with Crippen molar-refractivity contribution < 1.29 is 0 Å². The van der Waals surface area contributed by atoms with E-state index in [0.29, 0.717) is 0 Å². The van der Waals surface area contributed by atoms with Gasteiger partial charge in [-0.1, -0.05) is 0 Å². The van der Waals surface area contributed by atoms with E-state index in [2.05, 4.69) is 18.7 Å². The average Bonchev–Trinajstić information content (AvgIpc) is 2.41. The highest BCUT2D eigenvalue weighted by Crippen LogP contribution is 2.52. The first-order valence-corrected chi connectivity index (χ1v) is 4.46. The van der Waals surface area contributed by atoms with Crippen molar-refractivity contribution in [3.63, 3.8) is 0 Å². The summed E-state index contributed by atoms with van der Waals surface area (Å²) in [6.07, 6.45) is 4.50. The standard InChI is InChI=1S/C9H17N/c1-8(2)10-6-5-9(7-10)3-4-9/h8H,3-7H2,1-2H3. The van der Waals surface area contributed by atoms with Gasteiger partial charge >= 0.3 is 0 Å². The zero-order valence-electron chi connectivity index (χ0n) is 7.06. The summed E-state index contributed by atoms with van der Waals surface area (Å²) in [4.78, 5) is 2.62. The largest absolute Gasteiger partial charge is 0.300 e. The molecular weight excluding hydrogens is 122 g/mol. The van der Waals surface area contributed by atoms with Crippen molar-refractivity contribution in [3.8, 4) is 0 Å². The molecule has 0 aromatic carbocycles. The van der Waals surface area contributed by atoms with Crippen LogP contribution in [0.3, 0.4) is 0 Å². The maximum atomic E-state index is 2.62. The molecule has 2 rings (SSSR count). The predicted octanol–water partition coefficient (Wildman–Crippen LogP) is 1.88. The second-order valence-electron chi connectivity index (χ2n) is 4.31. The van der Waals surface area contributed by atoms with Crippen LogP contribution in [-0.4, -0.2) is 24.0 Å². The summed E-state index contributed by atoms with van der Waals surface area (Å²) in [5.74, 6) is 0. The lowest BCUT2D eigenvalue weighted by Gasteiger charge is -2.19. The number of likely N-dealkylation sites (tertiary alicyclic amines) is 1. The number of rotatable bonds is 1. The molecule has 0 aromatic rings. The first-order chi connectivity index (χ1) is 4.72. The van der Waals surface area contributed by atoms with Gasteiger partial charge in [-0.2, -0.15) is 0 Å². The van der Waals surface area contributed by atoms with Crippen LogP contribution in [0.4, 0.5) is 0 Å². The Morgan fingerprint density at radius 1 is 1.20 bits per heavy atom. The van der Waals surface area contributed by atoms with Gasteiger partial charge in [-0.25, -0.2) is 0 Å². The molecule has 2 fully saturated rings. The molecule has 1 nitrogen and oxygen atoms in total. The van der Waals surface area contributed by atoms with Crippen LogP contribution >= 0.6 is 0 Å². The fourth-order valence-corrected chi connectivity index (χ4v) is 2.00. The van der Waals surface area contributed by atoms with Gasteiger partial charge in [-0.05, 0) is 45.1 Å². The second-order valence-corrected chi connectivity index (χ2v) is 4.31. The van der Waals surface area contributed by atoms with E-state index < -0.39 is 0 Å². The van der Waals surface area contributed by atoms with Gasteiger partial charge < -0.3 is 4.90 Å². The molecule has 0 unspecified atom stereocenters. The second kappa shape index (κ2) is 1.97. The topological polar surface area (TPSA) is 3.24 Å². The van der Waals surface area contributed by atoms with E-state index in [0.717, 1.165) is 11.5 Å². The molecule has 1 saturated carbocycles. The average molecular weight is 139 g/mol. The molecule has 1 heteroatoms. The van der Waals surface area contributed by atoms with Crippen LogP contribution in [-0.2, 0) is 0 Å². The van der Waals surface area contributed by atoms with Crippen molar-refractivity contribution in [2.24, 2.45) is 5.41 Å². The van der Waals surface area contributed by atoms with E-state index in [-0.39, 0.29) is 0 Å². The quantitative estimate of drug-likeness (QED) is 0.536. The van der Waals surface area contributed by atoms with E-state index in [4.69, 9.17) is 0 Å². The zero-order valence-corrected chi connectivity index (χ0v) is 7.06. The molecule has 1 saturated heterocycles. The fourth-order valence-electron chi connectivity index (χ4n) is 2.00. The number of hydrogen-bond donors (Lipinski definition) is 0. The van der Waals surface area contributed by atoms with Gasteiger partial charge in [0.05, 0.1) is 0 Å². The normalized spacial score (nSPS) is 30.3. The SMILES string of the molecule is CC(C)N1CCC2(CC2)C1. The number of hydrogen-bond acceptors (Lipinski definition) is 1. The Morgan fingerprint density at radius 3 is 2.20 bits per heavy atom. The highest BCUT2D eigenvalue weighted by atomic mass is 15.2. The molecule has 58 valence electrons. The summed E-state index contributed by atoms with van der Waals surface area (Å²) >= 11 is 0. The molecule has 2 aliphatic rings. The monoisotopic (exact) mass is 139 g/mol. The Balaban J connectivity index is 1.93. The van der Waals surface area contributed by atoms with E-state index in [1.54, 1.807) is 0 Å². The molecule has 1 aliphatic heterocycles. The van der Waals surface area contributed by atoms with Crippen molar-refractivity contribution in [2.75, 3.05) is 13.1 Å². The lowest BCUT2D eigenvalue weighted by molar-refractivity contribution is 0.262. The third-order valence-electron chi connectivity index (χ3n) is 3.16. The van der Waals surface area contributed by atoms with Gasteiger partial charge in [-0.15, -0.1) is 0 Å². The minimum atomic E-state index is 0.778. The third-order valence-corrected chi connectivity index (χ3v) is 3.16. The molecule has 0 radical (unpaired) electrons. The maximum Gasteiger partial charge on any atom is 0.00412 e. The van der Waals surface area contributed by atoms with Gasteiger partial charge in [0.1, 0.15) is 0 Å². The maximum absolute atomic E-state index is 2.62. The molecule has 0 N–H and O–H groups in total.